The average molecular weight is 250 g/mol. The van der Waals surface area contributed by atoms with Crippen LogP contribution in [-0.2, 0) is 0 Å². The van der Waals surface area contributed by atoms with Crippen LogP contribution >= 0.6 is 0 Å². The van der Waals surface area contributed by atoms with E-state index >= 15 is 0 Å². The van der Waals surface area contributed by atoms with Gasteiger partial charge < -0.3 is 0 Å². The number of nitrogens with zero attached hydrogens (tertiary/aromatic N) is 2. The average Bonchev–Trinajstić information content (AvgIpc) is 2.93. The second-order valence-electron chi connectivity index (χ2n) is 6.94. The van der Waals surface area contributed by atoms with Crippen LogP contribution in [0.4, 0.5) is 0 Å². The van der Waals surface area contributed by atoms with Gasteiger partial charge in [0.2, 0.25) is 0 Å². The van der Waals surface area contributed by atoms with Gasteiger partial charge in [0.1, 0.15) is 0 Å². The molecule has 0 bridgehead atoms. The first kappa shape index (κ1) is 12.9. The Morgan fingerprint density at radius 2 is 1.22 bits per heavy atom. The van der Waals surface area contributed by atoms with Gasteiger partial charge >= 0.3 is 0 Å². The van der Waals surface area contributed by atoms with Gasteiger partial charge in [-0.15, -0.1) is 0 Å². The molecule has 1 aliphatic heterocycles. The molecule has 1 saturated heterocycles. The Bertz CT molecular complexity index is 252. The maximum atomic E-state index is 2.81. The van der Waals surface area contributed by atoms with Crippen LogP contribution in [-0.4, -0.2) is 48.1 Å². The van der Waals surface area contributed by atoms with E-state index in [-0.39, 0.29) is 0 Å². The summed E-state index contributed by atoms with van der Waals surface area (Å²) in [6, 6.07) is 1.86. The van der Waals surface area contributed by atoms with Crippen molar-refractivity contribution in [3.8, 4) is 0 Å². The molecule has 0 amide bonds. The summed E-state index contributed by atoms with van der Waals surface area (Å²) >= 11 is 0. The molecule has 104 valence electrons. The van der Waals surface area contributed by atoms with E-state index in [9.17, 15) is 0 Å². The molecule has 2 heteroatoms. The minimum atomic E-state index is 0.916. The van der Waals surface area contributed by atoms with Gasteiger partial charge in [-0.1, -0.05) is 32.6 Å². The fourth-order valence-electron chi connectivity index (χ4n) is 4.47. The van der Waals surface area contributed by atoms with Gasteiger partial charge in [0, 0.05) is 38.3 Å². The van der Waals surface area contributed by atoms with Crippen LogP contribution in [0.1, 0.15) is 58.3 Å². The topological polar surface area (TPSA) is 6.48 Å². The number of rotatable bonds is 2. The fourth-order valence-corrected chi connectivity index (χ4v) is 4.47. The Kier molecular flexibility index (Phi) is 4.25. The van der Waals surface area contributed by atoms with E-state index in [1.165, 1.54) is 77.5 Å². The second-order valence-corrected chi connectivity index (χ2v) is 6.94. The molecule has 0 aromatic rings. The summed E-state index contributed by atoms with van der Waals surface area (Å²) in [5.41, 5.74) is 0. The van der Waals surface area contributed by atoms with Crippen molar-refractivity contribution in [1.29, 1.82) is 0 Å². The van der Waals surface area contributed by atoms with Crippen LogP contribution in [0.25, 0.3) is 0 Å². The van der Waals surface area contributed by atoms with Crippen molar-refractivity contribution in [2.45, 2.75) is 70.4 Å². The van der Waals surface area contributed by atoms with Crippen LogP contribution in [0.2, 0.25) is 0 Å². The predicted octanol–water partition coefficient (Wildman–Crippen LogP) is 3.13. The van der Waals surface area contributed by atoms with Crippen molar-refractivity contribution < 1.29 is 0 Å². The van der Waals surface area contributed by atoms with Gasteiger partial charge in [0.05, 0.1) is 0 Å². The van der Waals surface area contributed by atoms with Crippen molar-refractivity contribution >= 4 is 0 Å². The zero-order valence-corrected chi connectivity index (χ0v) is 12.1. The van der Waals surface area contributed by atoms with E-state index < -0.39 is 0 Å². The van der Waals surface area contributed by atoms with Crippen molar-refractivity contribution in [3.05, 3.63) is 0 Å². The van der Waals surface area contributed by atoms with Crippen LogP contribution in [0.3, 0.4) is 0 Å². The van der Waals surface area contributed by atoms with Crippen LogP contribution in [0, 0.1) is 5.92 Å². The zero-order valence-electron chi connectivity index (χ0n) is 12.1. The standard InChI is InChI=1S/C16H30N2/c1-14-5-4-8-16(13-14)18-11-9-17(10-12-18)15-6-2-3-7-15/h14-16H,2-13H2,1H3/t14-,16+/m0/s1. The maximum Gasteiger partial charge on any atom is 0.0113 e. The van der Waals surface area contributed by atoms with Gasteiger partial charge in [-0.2, -0.15) is 0 Å². The molecule has 0 spiro atoms. The Hall–Kier alpha value is -0.0800. The lowest BCUT2D eigenvalue weighted by Crippen LogP contribution is -2.53. The summed E-state index contributed by atoms with van der Waals surface area (Å²) in [5.74, 6) is 0.969. The van der Waals surface area contributed by atoms with Gasteiger partial charge in [0.15, 0.2) is 0 Å². The van der Waals surface area contributed by atoms with Gasteiger partial charge in [-0.3, -0.25) is 9.80 Å². The predicted molar refractivity (Wildman–Crippen MR) is 76.8 cm³/mol. The molecular formula is C16H30N2. The van der Waals surface area contributed by atoms with E-state index in [2.05, 4.69) is 16.7 Å². The van der Waals surface area contributed by atoms with Crippen molar-refractivity contribution in [2.24, 2.45) is 5.92 Å². The van der Waals surface area contributed by atoms with Crippen molar-refractivity contribution in [2.75, 3.05) is 26.2 Å². The highest BCUT2D eigenvalue weighted by Gasteiger charge is 2.30. The third kappa shape index (κ3) is 2.91. The minimum absolute atomic E-state index is 0.916. The Morgan fingerprint density at radius 1 is 0.667 bits per heavy atom. The smallest absolute Gasteiger partial charge is 0.0113 e. The van der Waals surface area contributed by atoms with Crippen LogP contribution < -0.4 is 0 Å². The third-order valence-corrected chi connectivity index (χ3v) is 5.62. The molecule has 1 heterocycles. The first-order valence-corrected chi connectivity index (χ1v) is 8.31. The molecule has 0 unspecified atom stereocenters. The molecule has 18 heavy (non-hydrogen) atoms. The summed E-state index contributed by atoms with van der Waals surface area (Å²) in [7, 11) is 0. The summed E-state index contributed by atoms with van der Waals surface area (Å²) in [5, 5.41) is 0. The monoisotopic (exact) mass is 250 g/mol. The maximum absolute atomic E-state index is 2.81. The lowest BCUT2D eigenvalue weighted by atomic mass is 9.86. The minimum Gasteiger partial charge on any atom is -0.298 e. The van der Waals surface area contributed by atoms with Crippen LogP contribution in [0.5, 0.6) is 0 Å². The van der Waals surface area contributed by atoms with E-state index in [1.807, 2.05) is 0 Å². The number of hydrogen-bond acceptors (Lipinski definition) is 2. The first-order chi connectivity index (χ1) is 8.83. The van der Waals surface area contributed by atoms with Crippen LogP contribution in [0.15, 0.2) is 0 Å². The largest absolute Gasteiger partial charge is 0.298 e. The molecule has 3 rings (SSSR count). The summed E-state index contributed by atoms with van der Waals surface area (Å²) < 4.78 is 0. The first-order valence-electron chi connectivity index (χ1n) is 8.31. The highest BCUT2D eigenvalue weighted by atomic mass is 15.3. The van der Waals surface area contributed by atoms with E-state index in [1.54, 1.807) is 0 Å². The SMILES string of the molecule is C[C@H]1CCC[C@@H](N2CCN(C3CCCC3)CC2)C1. The highest BCUT2D eigenvalue weighted by Crippen LogP contribution is 2.29. The molecule has 0 aromatic carbocycles. The molecule has 2 saturated carbocycles. The Labute approximate surface area is 113 Å². The fraction of sp³-hybridized carbons (Fsp3) is 1.00. The molecule has 2 nitrogen and oxygen atoms in total. The molecule has 3 fully saturated rings. The van der Waals surface area contributed by atoms with Gasteiger partial charge in [0.25, 0.3) is 0 Å². The molecule has 0 N–H and O–H groups in total. The quantitative estimate of drug-likeness (QED) is 0.743. The molecule has 0 aromatic heterocycles. The van der Waals surface area contributed by atoms with E-state index in [0.717, 1.165) is 18.0 Å². The van der Waals surface area contributed by atoms with Crippen molar-refractivity contribution in [3.63, 3.8) is 0 Å². The van der Waals surface area contributed by atoms with Gasteiger partial charge in [-0.05, 0) is 31.6 Å². The van der Waals surface area contributed by atoms with Crippen molar-refractivity contribution in [1.82, 2.24) is 9.80 Å². The normalized spacial score (nSPS) is 37.2. The Balaban J connectivity index is 1.47. The Morgan fingerprint density at radius 3 is 1.83 bits per heavy atom. The third-order valence-electron chi connectivity index (χ3n) is 5.62. The second kappa shape index (κ2) is 5.92. The summed E-state index contributed by atoms with van der Waals surface area (Å²) in [4.78, 5) is 5.59. The summed E-state index contributed by atoms with van der Waals surface area (Å²) in [6.07, 6.45) is 11.8. The number of piperazine rings is 1. The zero-order chi connectivity index (χ0) is 12.4. The molecule has 2 atom stereocenters. The highest BCUT2D eigenvalue weighted by molar-refractivity contribution is 4.86. The molecule has 2 aliphatic carbocycles. The molecule has 3 aliphatic rings. The lowest BCUT2D eigenvalue weighted by Gasteiger charge is -2.43. The van der Waals surface area contributed by atoms with E-state index in [0.29, 0.717) is 0 Å². The van der Waals surface area contributed by atoms with Gasteiger partial charge in [-0.25, -0.2) is 0 Å². The summed E-state index contributed by atoms with van der Waals surface area (Å²) in [6.45, 7) is 7.81. The number of hydrogen-bond donors (Lipinski definition) is 0. The lowest BCUT2D eigenvalue weighted by molar-refractivity contribution is 0.0504. The molecular weight excluding hydrogens is 220 g/mol. The van der Waals surface area contributed by atoms with E-state index in [4.69, 9.17) is 0 Å². The molecule has 0 radical (unpaired) electrons.